The molecule has 8 heteroatoms. The first-order chi connectivity index (χ1) is 11.7. The Kier molecular flexibility index (Phi) is 7.50. The van der Waals surface area contributed by atoms with E-state index < -0.39 is 23.1 Å². The fourth-order valence-corrected chi connectivity index (χ4v) is 2.42. The van der Waals surface area contributed by atoms with Gasteiger partial charge in [-0.15, -0.1) is 0 Å². The van der Waals surface area contributed by atoms with Crippen LogP contribution in [-0.4, -0.2) is 36.2 Å². The second kappa shape index (κ2) is 9.12. The molecule has 1 aromatic carbocycles. The first-order valence-electron chi connectivity index (χ1n) is 7.73. The van der Waals surface area contributed by atoms with Gasteiger partial charge < -0.3 is 20.3 Å². The molecular weight excluding hydrogens is 332 g/mol. The highest BCUT2D eigenvalue weighted by Gasteiger charge is 2.29. The van der Waals surface area contributed by atoms with Crippen molar-refractivity contribution in [1.29, 1.82) is 0 Å². The lowest BCUT2D eigenvalue weighted by atomic mass is 10.1. The molecule has 0 aliphatic carbocycles. The Balaban J connectivity index is 3.45. The zero-order chi connectivity index (χ0) is 19.1. The van der Waals surface area contributed by atoms with Crippen LogP contribution in [0.2, 0.25) is 0 Å². The van der Waals surface area contributed by atoms with Crippen LogP contribution in [0.5, 0.6) is 5.75 Å². The maximum atomic E-state index is 14.4. The van der Waals surface area contributed by atoms with E-state index in [2.05, 4.69) is 4.99 Å². The number of hydrogen-bond acceptors (Lipinski definition) is 5. The van der Waals surface area contributed by atoms with Gasteiger partial charge in [0.1, 0.15) is 11.3 Å². The van der Waals surface area contributed by atoms with Gasteiger partial charge in [-0.05, 0) is 39.8 Å². The van der Waals surface area contributed by atoms with Crippen LogP contribution >= 0.6 is 0 Å². The predicted octanol–water partition coefficient (Wildman–Crippen LogP) is 3.23. The number of amides is 1. The molecule has 1 rings (SSSR count). The number of benzene rings is 1. The van der Waals surface area contributed by atoms with Gasteiger partial charge >= 0.3 is 0 Å². The van der Waals surface area contributed by atoms with Crippen LogP contribution in [0.25, 0.3) is 0 Å². The van der Waals surface area contributed by atoms with Crippen molar-refractivity contribution in [3.63, 3.8) is 0 Å². The lowest BCUT2D eigenvalue weighted by molar-refractivity contribution is 0.0634. The summed E-state index contributed by atoms with van der Waals surface area (Å²) in [6.07, 6.45) is 2.13. The van der Waals surface area contributed by atoms with Gasteiger partial charge in [0.05, 0.1) is 6.21 Å². The average Bonchev–Trinajstić information content (AvgIpc) is 2.50. The minimum Gasteiger partial charge on any atom is -0.761 e. The van der Waals surface area contributed by atoms with Crippen molar-refractivity contribution in [1.82, 2.24) is 10.4 Å². The van der Waals surface area contributed by atoms with Crippen LogP contribution in [0.4, 0.5) is 8.78 Å². The summed E-state index contributed by atoms with van der Waals surface area (Å²) in [6, 6.07) is 1.51. The van der Waals surface area contributed by atoms with Crippen molar-refractivity contribution in [2.75, 3.05) is 7.05 Å². The summed E-state index contributed by atoms with van der Waals surface area (Å²) in [7, 11) is 1.44. The van der Waals surface area contributed by atoms with Gasteiger partial charge in [-0.2, -0.15) is 0 Å². The number of aliphatic imine (C=N–C) groups is 1. The third kappa shape index (κ3) is 4.99. The van der Waals surface area contributed by atoms with Crippen molar-refractivity contribution < 1.29 is 18.3 Å². The highest BCUT2D eigenvalue weighted by Crippen LogP contribution is 2.28. The smallest absolute Gasteiger partial charge is 0.261 e. The van der Waals surface area contributed by atoms with Gasteiger partial charge in [0, 0.05) is 25.3 Å². The number of hydrogen-bond donors (Lipinski definition) is 1. The number of hydroxylamine groups is 1. The summed E-state index contributed by atoms with van der Waals surface area (Å²) in [5.41, 5.74) is 0.977. The minimum atomic E-state index is -1.31. The van der Waals surface area contributed by atoms with Gasteiger partial charge in [-0.25, -0.2) is 8.78 Å². The van der Waals surface area contributed by atoms with Gasteiger partial charge in [0.25, 0.3) is 5.91 Å². The average molecular weight is 354 g/mol. The molecule has 0 aliphatic rings. The van der Waals surface area contributed by atoms with E-state index in [9.17, 15) is 18.8 Å². The summed E-state index contributed by atoms with van der Waals surface area (Å²) in [4.78, 5) is 17.9. The largest absolute Gasteiger partial charge is 0.761 e. The Labute approximate surface area is 145 Å². The van der Waals surface area contributed by atoms with Gasteiger partial charge in [0.2, 0.25) is 0 Å². The SMILES string of the molecule is CN=CC(=CN[O-])Oc1ccc(F)c(F)c1C(=O)N(C(C)C)C(C)C. The van der Waals surface area contributed by atoms with E-state index in [0.717, 1.165) is 18.3 Å². The molecule has 0 aliphatic heterocycles. The normalized spacial score (nSPS) is 12.2. The van der Waals surface area contributed by atoms with Crippen LogP contribution in [0.3, 0.4) is 0 Å². The van der Waals surface area contributed by atoms with Crippen molar-refractivity contribution in [2.45, 2.75) is 39.8 Å². The van der Waals surface area contributed by atoms with E-state index in [1.165, 1.54) is 23.6 Å². The monoisotopic (exact) mass is 354 g/mol. The van der Waals surface area contributed by atoms with Crippen molar-refractivity contribution >= 4 is 12.1 Å². The van der Waals surface area contributed by atoms with E-state index in [1.54, 1.807) is 27.7 Å². The predicted molar refractivity (Wildman–Crippen MR) is 92.4 cm³/mol. The van der Waals surface area contributed by atoms with Crippen molar-refractivity contribution in [2.24, 2.45) is 4.99 Å². The fourth-order valence-electron chi connectivity index (χ4n) is 2.42. The zero-order valence-electron chi connectivity index (χ0n) is 14.8. The lowest BCUT2D eigenvalue weighted by Crippen LogP contribution is -2.42. The maximum absolute atomic E-state index is 14.4. The molecule has 138 valence electrons. The van der Waals surface area contributed by atoms with E-state index in [4.69, 9.17) is 4.74 Å². The lowest BCUT2D eigenvalue weighted by Gasteiger charge is -2.31. The van der Waals surface area contributed by atoms with Crippen LogP contribution in [-0.2, 0) is 0 Å². The van der Waals surface area contributed by atoms with Crippen LogP contribution < -0.4 is 10.2 Å². The Hall–Kier alpha value is -2.48. The summed E-state index contributed by atoms with van der Waals surface area (Å²) < 4.78 is 33.5. The molecule has 1 N–H and O–H groups in total. The number of nitrogens with zero attached hydrogens (tertiary/aromatic N) is 2. The topological polar surface area (TPSA) is 77.0 Å². The fraction of sp³-hybridized carbons (Fsp3) is 0.412. The molecule has 0 heterocycles. The van der Waals surface area contributed by atoms with Gasteiger partial charge in [-0.1, -0.05) is 0 Å². The first kappa shape index (κ1) is 20.6. The molecule has 0 bridgehead atoms. The van der Waals surface area contributed by atoms with Gasteiger partial charge in [0.15, 0.2) is 17.4 Å². The number of halogens is 2. The highest BCUT2D eigenvalue weighted by molar-refractivity contribution is 5.98. The molecule has 1 aromatic rings. The summed E-state index contributed by atoms with van der Waals surface area (Å²) >= 11 is 0. The van der Waals surface area contributed by atoms with E-state index in [0.29, 0.717) is 0 Å². The Morgan fingerprint density at radius 3 is 2.36 bits per heavy atom. The Morgan fingerprint density at radius 2 is 1.88 bits per heavy atom. The number of ether oxygens (including phenoxy) is 1. The number of nitrogens with one attached hydrogen (secondary N) is 1. The molecule has 6 nitrogen and oxygen atoms in total. The molecule has 0 radical (unpaired) electrons. The van der Waals surface area contributed by atoms with Crippen LogP contribution in [0, 0.1) is 16.8 Å². The van der Waals surface area contributed by atoms with Gasteiger partial charge in [-0.3, -0.25) is 9.79 Å². The molecule has 0 saturated heterocycles. The minimum absolute atomic E-state index is 0.0572. The van der Waals surface area contributed by atoms with E-state index in [-0.39, 0.29) is 23.6 Å². The third-order valence-corrected chi connectivity index (χ3v) is 3.30. The molecule has 0 fully saturated rings. The third-order valence-electron chi connectivity index (χ3n) is 3.30. The van der Waals surface area contributed by atoms with Crippen molar-refractivity contribution in [3.8, 4) is 5.75 Å². The molecular formula is C17H22F2N3O3-. The maximum Gasteiger partial charge on any atom is 0.261 e. The molecule has 1 amide bonds. The first-order valence-corrected chi connectivity index (χ1v) is 7.73. The van der Waals surface area contributed by atoms with E-state index >= 15 is 0 Å². The molecule has 0 unspecified atom stereocenters. The standard InChI is InChI=1S/C17H22F2N3O3/c1-10(2)22(11(3)4)17(23)15-14(7-6-13(18)16(15)19)25-12(8-20-5)9-21-24/h6-11,21H,1-5H3/q-1. The van der Waals surface area contributed by atoms with Crippen molar-refractivity contribution in [3.05, 3.63) is 46.5 Å². The second-order valence-electron chi connectivity index (χ2n) is 5.79. The summed E-state index contributed by atoms with van der Waals surface area (Å²) in [5.74, 6) is -3.45. The number of allylic oxidation sites excluding steroid dienone is 1. The Bertz CT molecular complexity index is 665. The Morgan fingerprint density at radius 1 is 1.28 bits per heavy atom. The summed E-state index contributed by atoms with van der Waals surface area (Å²) in [5, 5.41) is 10.6. The van der Waals surface area contributed by atoms with Crippen LogP contribution in [0.1, 0.15) is 38.1 Å². The van der Waals surface area contributed by atoms with Crippen LogP contribution in [0.15, 0.2) is 29.1 Å². The number of carbonyl (C=O) groups is 1. The molecule has 0 atom stereocenters. The quantitative estimate of drug-likeness (QED) is 0.463. The molecule has 0 spiro atoms. The summed E-state index contributed by atoms with van der Waals surface area (Å²) in [6.45, 7) is 7.08. The number of rotatable bonds is 7. The van der Waals surface area contributed by atoms with E-state index in [1.807, 2.05) is 0 Å². The molecule has 0 aromatic heterocycles. The number of carbonyl (C=O) groups excluding carboxylic acids is 1. The highest BCUT2D eigenvalue weighted by atomic mass is 19.2. The zero-order valence-corrected chi connectivity index (χ0v) is 14.8. The second-order valence-corrected chi connectivity index (χ2v) is 5.79. The molecule has 25 heavy (non-hydrogen) atoms. The molecule has 0 saturated carbocycles.